The first kappa shape index (κ1) is 8.55. The van der Waals surface area contributed by atoms with Gasteiger partial charge in [0, 0.05) is 6.61 Å². The highest BCUT2D eigenvalue weighted by atomic mass is 16.5. The molecule has 1 saturated heterocycles. The molecule has 2 fully saturated rings. The van der Waals surface area contributed by atoms with E-state index in [1.165, 1.54) is 44.9 Å². The fourth-order valence-electron chi connectivity index (χ4n) is 2.57. The summed E-state index contributed by atoms with van der Waals surface area (Å²) in [7, 11) is 0. The van der Waals surface area contributed by atoms with Crippen LogP contribution in [0.1, 0.15) is 51.9 Å². The summed E-state index contributed by atoms with van der Waals surface area (Å²) in [5.41, 5.74) is 0.338. The molecule has 2 rings (SSSR count). The molecule has 1 unspecified atom stereocenters. The predicted molar refractivity (Wildman–Crippen MR) is 50.2 cm³/mol. The Morgan fingerprint density at radius 2 is 1.83 bits per heavy atom. The highest BCUT2D eigenvalue weighted by Gasteiger charge is 2.35. The van der Waals surface area contributed by atoms with Gasteiger partial charge in [0.05, 0.1) is 5.60 Å². The Bertz CT molecular complexity index is 137. The first-order valence-electron chi connectivity index (χ1n) is 5.45. The fraction of sp³-hybridized carbons (Fsp3) is 1.00. The Morgan fingerprint density at radius 3 is 2.42 bits per heavy atom. The maximum atomic E-state index is 6.02. The van der Waals surface area contributed by atoms with Crippen LogP contribution in [0.4, 0.5) is 0 Å². The van der Waals surface area contributed by atoms with Crippen molar-refractivity contribution in [3.05, 3.63) is 0 Å². The fourth-order valence-corrected chi connectivity index (χ4v) is 2.57. The average Bonchev–Trinajstić information content (AvgIpc) is 2.13. The molecule has 0 aromatic rings. The second-order valence-electron chi connectivity index (χ2n) is 4.70. The van der Waals surface area contributed by atoms with Crippen molar-refractivity contribution in [3.63, 3.8) is 0 Å². The molecule has 0 radical (unpaired) electrons. The van der Waals surface area contributed by atoms with Crippen LogP contribution >= 0.6 is 0 Å². The first-order valence-corrected chi connectivity index (χ1v) is 5.45. The lowest BCUT2D eigenvalue weighted by atomic mass is 9.78. The maximum Gasteiger partial charge on any atom is 0.0682 e. The first-order chi connectivity index (χ1) is 5.81. The zero-order valence-electron chi connectivity index (χ0n) is 8.14. The monoisotopic (exact) mass is 168 g/mol. The van der Waals surface area contributed by atoms with Gasteiger partial charge in [-0.2, -0.15) is 0 Å². The summed E-state index contributed by atoms with van der Waals surface area (Å²) in [6.45, 7) is 3.32. The van der Waals surface area contributed by atoms with E-state index in [9.17, 15) is 0 Å². The summed E-state index contributed by atoms with van der Waals surface area (Å²) in [5, 5.41) is 0. The molecule has 1 saturated carbocycles. The van der Waals surface area contributed by atoms with E-state index in [0.29, 0.717) is 5.60 Å². The lowest BCUT2D eigenvalue weighted by Crippen LogP contribution is -2.40. The summed E-state index contributed by atoms with van der Waals surface area (Å²) in [6.07, 6.45) is 9.61. The molecule has 1 heterocycles. The van der Waals surface area contributed by atoms with E-state index in [1.807, 2.05) is 0 Å². The van der Waals surface area contributed by atoms with Gasteiger partial charge in [-0.05, 0) is 31.6 Å². The van der Waals surface area contributed by atoms with Crippen molar-refractivity contribution in [2.45, 2.75) is 57.5 Å². The highest BCUT2D eigenvalue weighted by Crippen LogP contribution is 2.39. The molecule has 1 spiro atoms. The second kappa shape index (κ2) is 3.37. The van der Waals surface area contributed by atoms with Gasteiger partial charge in [-0.15, -0.1) is 0 Å². The van der Waals surface area contributed by atoms with Gasteiger partial charge in [0.25, 0.3) is 0 Å². The molecule has 1 atom stereocenters. The molecule has 0 aromatic heterocycles. The van der Waals surface area contributed by atoms with Gasteiger partial charge in [0.15, 0.2) is 0 Å². The van der Waals surface area contributed by atoms with Gasteiger partial charge in [0.2, 0.25) is 0 Å². The second-order valence-corrected chi connectivity index (χ2v) is 4.70. The van der Waals surface area contributed by atoms with Crippen LogP contribution in [-0.4, -0.2) is 12.2 Å². The zero-order chi connectivity index (χ0) is 8.44. The van der Waals surface area contributed by atoms with E-state index in [2.05, 4.69) is 6.92 Å². The van der Waals surface area contributed by atoms with Crippen LogP contribution in [-0.2, 0) is 4.74 Å². The summed E-state index contributed by atoms with van der Waals surface area (Å²) in [5.74, 6) is 0.803. The van der Waals surface area contributed by atoms with Crippen molar-refractivity contribution < 1.29 is 4.74 Å². The highest BCUT2D eigenvalue weighted by molar-refractivity contribution is 4.87. The van der Waals surface area contributed by atoms with Crippen molar-refractivity contribution >= 4 is 0 Å². The van der Waals surface area contributed by atoms with E-state index < -0.39 is 0 Å². The summed E-state index contributed by atoms with van der Waals surface area (Å²) >= 11 is 0. The Kier molecular flexibility index (Phi) is 2.40. The Labute approximate surface area is 75.5 Å². The van der Waals surface area contributed by atoms with Gasteiger partial charge in [0.1, 0.15) is 0 Å². The lowest BCUT2D eigenvalue weighted by molar-refractivity contribution is -0.116. The van der Waals surface area contributed by atoms with Crippen LogP contribution in [0, 0.1) is 5.92 Å². The number of hydrogen-bond donors (Lipinski definition) is 0. The van der Waals surface area contributed by atoms with Crippen molar-refractivity contribution in [1.82, 2.24) is 0 Å². The molecule has 12 heavy (non-hydrogen) atoms. The molecule has 0 amide bonds. The van der Waals surface area contributed by atoms with E-state index >= 15 is 0 Å². The van der Waals surface area contributed by atoms with Crippen LogP contribution in [0.25, 0.3) is 0 Å². The Hall–Kier alpha value is -0.0400. The van der Waals surface area contributed by atoms with Gasteiger partial charge in [-0.3, -0.25) is 0 Å². The predicted octanol–water partition coefficient (Wildman–Crippen LogP) is 3.14. The van der Waals surface area contributed by atoms with Gasteiger partial charge in [-0.25, -0.2) is 0 Å². The molecule has 0 aromatic carbocycles. The zero-order valence-corrected chi connectivity index (χ0v) is 8.14. The minimum Gasteiger partial charge on any atom is -0.375 e. The number of rotatable bonds is 0. The molecule has 0 bridgehead atoms. The standard InChI is InChI=1S/C11H20O/c1-10-5-8-11(12-9-10)6-3-2-4-7-11/h10H,2-9H2,1H3. The van der Waals surface area contributed by atoms with Crippen LogP contribution in [0.15, 0.2) is 0 Å². The van der Waals surface area contributed by atoms with Gasteiger partial charge in [-0.1, -0.05) is 26.2 Å². The summed E-state index contributed by atoms with van der Waals surface area (Å²) in [6, 6.07) is 0. The molecule has 2 aliphatic rings. The van der Waals surface area contributed by atoms with Crippen LogP contribution in [0.3, 0.4) is 0 Å². The molecule has 1 heteroatoms. The van der Waals surface area contributed by atoms with Crippen LogP contribution < -0.4 is 0 Å². The third kappa shape index (κ3) is 1.66. The average molecular weight is 168 g/mol. The molecule has 1 aliphatic heterocycles. The lowest BCUT2D eigenvalue weighted by Gasteiger charge is -2.42. The van der Waals surface area contributed by atoms with Crippen molar-refractivity contribution in [1.29, 1.82) is 0 Å². The normalized spacial score (nSPS) is 35.2. The van der Waals surface area contributed by atoms with E-state index in [4.69, 9.17) is 4.74 Å². The van der Waals surface area contributed by atoms with Crippen molar-refractivity contribution in [2.75, 3.05) is 6.61 Å². The topological polar surface area (TPSA) is 9.23 Å². The smallest absolute Gasteiger partial charge is 0.0682 e. The molecular weight excluding hydrogens is 148 g/mol. The quantitative estimate of drug-likeness (QED) is 0.540. The molecule has 1 aliphatic carbocycles. The van der Waals surface area contributed by atoms with Crippen LogP contribution in [0.5, 0.6) is 0 Å². The SMILES string of the molecule is CC1CCC2(CCCCC2)OC1. The molecule has 1 nitrogen and oxygen atoms in total. The Balaban J connectivity index is 1.92. The third-order valence-electron chi connectivity index (χ3n) is 3.53. The Morgan fingerprint density at radius 1 is 1.08 bits per heavy atom. The van der Waals surface area contributed by atoms with E-state index in [-0.39, 0.29) is 0 Å². The molecular formula is C11H20O. The minimum absolute atomic E-state index is 0.338. The number of hydrogen-bond acceptors (Lipinski definition) is 1. The molecule has 0 N–H and O–H groups in total. The largest absolute Gasteiger partial charge is 0.375 e. The molecule has 70 valence electrons. The van der Waals surface area contributed by atoms with E-state index in [0.717, 1.165) is 12.5 Å². The summed E-state index contributed by atoms with van der Waals surface area (Å²) in [4.78, 5) is 0. The number of ether oxygens (including phenoxy) is 1. The van der Waals surface area contributed by atoms with Crippen molar-refractivity contribution in [2.24, 2.45) is 5.92 Å². The van der Waals surface area contributed by atoms with Crippen LogP contribution in [0.2, 0.25) is 0 Å². The van der Waals surface area contributed by atoms with Gasteiger partial charge < -0.3 is 4.74 Å². The maximum absolute atomic E-state index is 6.02. The summed E-state index contributed by atoms with van der Waals surface area (Å²) < 4.78 is 6.02. The third-order valence-corrected chi connectivity index (χ3v) is 3.53. The minimum atomic E-state index is 0.338. The van der Waals surface area contributed by atoms with Gasteiger partial charge >= 0.3 is 0 Å². The van der Waals surface area contributed by atoms with E-state index in [1.54, 1.807) is 0 Å². The van der Waals surface area contributed by atoms with Crippen molar-refractivity contribution in [3.8, 4) is 0 Å².